The topological polar surface area (TPSA) is 190 Å². The van der Waals surface area contributed by atoms with Gasteiger partial charge in [-0.1, -0.05) is 12.2 Å². The number of fused-ring (bicyclic) bond motifs is 3. The first-order valence-electron chi connectivity index (χ1n) is 10.8. The highest BCUT2D eigenvalue weighted by atomic mass is 32.2. The van der Waals surface area contributed by atoms with Gasteiger partial charge in [-0.25, -0.2) is 4.99 Å². The van der Waals surface area contributed by atoms with E-state index in [0.29, 0.717) is 22.5 Å². The van der Waals surface area contributed by atoms with Gasteiger partial charge in [-0.05, 0) is 54.6 Å². The maximum Gasteiger partial charge on any atom is 0.294 e. The molecular weight excluding hydrogens is 608 g/mol. The van der Waals surface area contributed by atoms with Crippen molar-refractivity contribution in [2.24, 2.45) is 4.99 Å². The summed E-state index contributed by atoms with van der Waals surface area (Å²) in [6.45, 7) is 0. The lowest BCUT2D eigenvalue weighted by molar-refractivity contribution is 0.106. The van der Waals surface area contributed by atoms with E-state index >= 15 is 0 Å². The van der Waals surface area contributed by atoms with Gasteiger partial charge in [0.2, 0.25) is 5.78 Å². The number of allylic oxidation sites excluding steroid dienone is 1. The second-order valence-electron chi connectivity index (χ2n) is 8.36. The standard InChI is InChI=1S/C16H10N2O5S2.C8H7NO3S.2Al/c19-15-9-5-7(24)1-3-11(9)17-13(15)14-16(20)10-6-8(25(21,22)23)2-4-12(10)18-14;10-13(11,12)7-1-2-8-6(5-7)3-4-9-8;;/h1-4,6,17,19H,5H2,(H,21,22,23);1-5,9H,(H,10,11,12);;. The molecule has 16 heteroatoms. The lowest BCUT2D eigenvalue weighted by Gasteiger charge is -2.05. The van der Waals surface area contributed by atoms with Crippen LogP contribution >= 0.6 is 12.2 Å². The number of Topliss-reactive ketones (excluding diaryl/α,β-unsaturated/α-hetero) is 1. The largest absolute Gasteiger partial charge is 0.505 e. The fraction of sp³-hybridized carbons (Fsp3) is 0.0417. The van der Waals surface area contributed by atoms with Crippen molar-refractivity contribution in [3.05, 3.63) is 77.3 Å². The summed E-state index contributed by atoms with van der Waals surface area (Å²) in [6.07, 6.45) is 5.54. The van der Waals surface area contributed by atoms with Gasteiger partial charge in [0.25, 0.3) is 20.2 Å². The molecule has 0 amide bonds. The van der Waals surface area contributed by atoms with Gasteiger partial charge in [0, 0.05) is 74.4 Å². The number of hydrogen-bond donors (Lipinski definition) is 5. The number of ketones is 1. The minimum absolute atomic E-state index is 0. The molecule has 3 heterocycles. The highest BCUT2D eigenvalue weighted by Gasteiger charge is 2.32. The first kappa shape index (κ1) is 31.6. The molecule has 0 saturated heterocycles. The number of carbonyl (C=O) groups is 1. The number of carbonyl (C=O) groups excluding carboxylic acids is 1. The molecule has 0 atom stereocenters. The van der Waals surface area contributed by atoms with Gasteiger partial charge in [-0.3, -0.25) is 13.9 Å². The Morgan fingerprint density at radius 3 is 2.23 bits per heavy atom. The first-order valence-corrected chi connectivity index (χ1v) is 14.1. The van der Waals surface area contributed by atoms with E-state index in [0.717, 1.165) is 23.0 Å². The molecule has 0 fully saturated rings. The van der Waals surface area contributed by atoms with Crippen molar-refractivity contribution in [2.45, 2.75) is 16.2 Å². The summed E-state index contributed by atoms with van der Waals surface area (Å²) in [4.78, 5) is 22.9. The molecule has 0 bridgehead atoms. The smallest absolute Gasteiger partial charge is 0.294 e. The predicted molar refractivity (Wildman–Crippen MR) is 154 cm³/mol. The highest BCUT2D eigenvalue weighted by Crippen LogP contribution is 2.36. The molecule has 0 saturated carbocycles. The zero-order chi connectivity index (χ0) is 27.4. The Morgan fingerprint density at radius 2 is 1.55 bits per heavy atom. The van der Waals surface area contributed by atoms with Crippen molar-refractivity contribution in [3.63, 3.8) is 0 Å². The Balaban J connectivity index is 0.000000250. The van der Waals surface area contributed by atoms with Crippen LogP contribution in [-0.2, 0) is 26.7 Å². The summed E-state index contributed by atoms with van der Waals surface area (Å²) in [5, 5.41) is 11.2. The van der Waals surface area contributed by atoms with Crippen molar-refractivity contribution in [1.82, 2.24) is 9.97 Å². The molecule has 11 nitrogen and oxygen atoms in total. The third-order valence-corrected chi connectivity index (χ3v) is 7.89. The Bertz CT molecular complexity index is 1960. The summed E-state index contributed by atoms with van der Waals surface area (Å²) >= 11 is 5.13. The molecule has 6 rings (SSSR count). The third-order valence-electron chi connectivity index (χ3n) is 5.91. The molecule has 0 spiro atoms. The van der Waals surface area contributed by atoms with E-state index < -0.39 is 26.0 Å². The van der Waals surface area contributed by atoms with Gasteiger partial charge in [-0.2, -0.15) is 16.8 Å². The Labute approximate surface area is 254 Å². The third kappa shape index (κ3) is 6.06. The van der Waals surface area contributed by atoms with Crippen LogP contribution in [0.2, 0.25) is 0 Å². The molecule has 2 aromatic carbocycles. The average Bonchev–Trinajstić information content (AvgIpc) is 3.54. The zero-order valence-corrected chi connectivity index (χ0v) is 24.9. The van der Waals surface area contributed by atoms with Crippen molar-refractivity contribution >= 4 is 106 Å². The summed E-state index contributed by atoms with van der Waals surface area (Å²) in [7, 11) is -8.52. The van der Waals surface area contributed by atoms with E-state index in [-0.39, 0.29) is 72.9 Å². The lowest BCUT2D eigenvalue weighted by Crippen LogP contribution is -2.12. The number of aromatic hydroxyl groups is 1. The highest BCUT2D eigenvalue weighted by molar-refractivity contribution is 7.86. The number of thiocarbonyl (C=S) groups is 1. The van der Waals surface area contributed by atoms with Crippen molar-refractivity contribution < 1.29 is 35.8 Å². The van der Waals surface area contributed by atoms with Gasteiger partial charge in [0.15, 0.2) is 0 Å². The normalized spacial score (nSPS) is 13.9. The van der Waals surface area contributed by atoms with Crippen LogP contribution < -0.4 is 0 Å². The molecule has 1 aliphatic carbocycles. The number of nitrogens with one attached hydrogen (secondary N) is 2. The Morgan fingerprint density at radius 1 is 0.900 bits per heavy atom. The summed E-state index contributed by atoms with van der Waals surface area (Å²) in [6, 6.07) is 9.68. The van der Waals surface area contributed by atoms with E-state index in [1.807, 2.05) is 0 Å². The molecule has 200 valence electrons. The van der Waals surface area contributed by atoms with Crippen LogP contribution in [0.5, 0.6) is 5.75 Å². The monoisotopic (exact) mass is 625 g/mol. The number of aromatic nitrogens is 2. The van der Waals surface area contributed by atoms with Gasteiger partial charge in [-0.15, -0.1) is 0 Å². The molecule has 2 aromatic heterocycles. The summed E-state index contributed by atoms with van der Waals surface area (Å²) in [5.41, 5.74) is 2.53. The van der Waals surface area contributed by atoms with Crippen LogP contribution in [0.3, 0.4) is 0 Å². The van der Waals surface area contributed by atoms with Crippen LogP contribution in [0, 0.1) is 0 Å². The molecule has 6 radical (unpaired) electrons. The first-order chi connectivity index (χ1) is 17.8. The van der Waals surface area contributed by atoms with Crippen LogP contribution in [0.25, 0.3) is 17.0 Å². The number of benzene rings is 2. The van der Waals surface area contributed by atoms with E-state index in [1.165, 1.54) is 18.2 Å². The number of hydrogen-bond acceptors (Lipinski definition) is 8. The zero-order valence-electron chi connectivity index (χ0n) is 20.2. The fourth-order valence-corrected chi connectivity index (χ4v) is 5.30. The maximum atomic E-state index is 12.6. The minimum Gasteiger partial charge on any atom is -0.505 e. The van der Waals surface area contributed by atoms with Crippen molar-refractivity contribution in [1.29, 1.82) is 0 Å². The van der Waals surface area contributed by atoms with Crippen LogP contribution in [0.15, 0.2) is 69.5 Å². The van der Waals surface area contributed by atoms with Crippen LogP contribution in [0.1, 0.15) is 27.3 Å². The van der Waals surface area contributed by atoms with Crippen LogP contribution in [0.4, 0.5) is 5.69 Å². The van der Waals surface area contributed by atoms with Crippen LogP contribution in [-0.4, -0.2) is 92.1 Å². The number of nitrogens with zero attached hydrogens (tertiary/aromatic N) is 1. The summed E-state index contributed by atoms with van der Waals surface area (Å²) in [5.74, 6) is -0.641. The number of rotatable bonds is 3. The molecular formula is C24H17Al2N3O8S3. The van der Waals surface area contributed by atoms with E-state index in [2.05, 4.69) is 15.0 Å². The maximum absolute atomic E-state index is 12.6. The van der Waals surface area contributed by atoms with Gasteiger partial charge >= 0.3 is 0 Å². The second kappa shape index (κ2) is 11.5. The molecule has 0 unspecified atom stereocenters. The average molecular weight is 626 g/mol. The van der Waals surface area contributed by atoms with Gasteiger partial charge < -0.3 is 15.1 Å². The molecule has 5 N–H and O–H groups in total. The van der Waals surface area contributed by atoms with Gasteiger partial charge in [0.1, 0.15) is 17.2 Å². The fourth-order valence-electron chi connectivity index (χ4n) is 4.06. The van der Waals surface area contributed by atoms with E-state index in [4.69, 9.17) is 21.3 Å². The van der Waals surface area contributed by atoms with Gasteiger partial charge in [0.05, 0.1) is 21.0 Å². The molecule has 4 aromatic rings. The lowest BCUT2D eigenvalue weighted by atomic mass is 10.0. The second-order valence-corrected chi connectivity index (χ2v) is 11.7. The van der Waals surface area contributed by atoms with E-state index in [1.54, 1.807) is 30.5 Å². The van der Waals surface area contributed by atoms with E-state index in [9.17, 15) is 26.7 Å². The number of aliphatic imine (C=N–C) groups is 1. The quantitative estimate of drug-likeness (QED) is 0.129. The number of H-pyrrole nitrogens is 2. The predicted octanol–water partition coefficient (Wildman–Crippen LogP) is 2.88. The number of aromatic amines is 2. The Hall–Kier alpha value is -2.89. The minimum atomic E-state index is -4.43. The SMILES string of the molecule is O=C1C(c2[nH]c3c(c2O)CC(=S)C=C3)=Nc2ccc(S(=O)(=O)O)cc21.O=S(=O)(O)c1ccc2[nH]ccc2c1.[Al].[Al]. The van der Waals surface area contributed by atoms with Crippen molar-refractivity contribution in [2.75, 3.05) is 0 Å². The van der Waals surface area contributed by atoms with Crippen molar-refractivity contribution in [3.8, 4) is 5.75 Å². The molecule has 40 heavy (non-hydrogen) atoms. The molecule has 1 aliphatic heterocycles. The molecule has 2 aliphatic rings. The Kier molecular flexibility index (Phi) is 9.13. The summed E-state index contributed by atoms with van der Waals surface area (Å²) < 4.78 is 61.9.